The fourth-order valence-electron chi connectivity index (χ4n) is 3.70. The number of primary amides is 1. The maximum absolute atomic E-state index is 13.0. The molecule has 0 bridgehead atoms. The Kier molecular flexibility index (Phi) is 7.85. The molecular formula is C24H30ClN3O4. The van der Waals surface area contributed by atoms with Crippen LogP contribution in [0, 0.1) is 11.8 Å². The van der Waals surface area contributed by atoms with Crippen molar-refractivity contribution in [1.29, 1.82) is 0 Å². The van der Waals surface area contributed by atoms with Gasteiger partial charge in [-0.05, 0) is 43.0 Å². The zero-order valence-corrected chi connectivity index (χ0v) is 19.4. The summed E-state index contributed by atoms with van der Waals surface area (Å²) in [6.45, 7) is 5.96. The summed E-state index contributed by atoms with van der Waals surface area (Å²) in [4.78, 5) is 26.7. The highest BCUT2D eigenvalue weighted by atomic mass is 35.5. The lowest BCUT2D eigenvalue weighted by Crippen LogP contribution is -2.38. The van der Waals surface area contributed by atoms with Crippen molar-refractivity contribution < 1.29 is 19.1 Å². The summed E-state index contributed by atoms with van der Waals surface area (Å²) in [5, 5.41) is 3.30. The van der Waals surface area contributed by atoms with Gasteiger partial charge in [-0.1, -0.05) is 37.6 Å². The minimum absolute atomic E-state index is 0.0981. The molecule has 1 aliphatic heterocycles. The first-order valence-electron chi connectivity index (χ1n) is 10.7. The van der Waals surface area contributed by atoms with Crippen LogP contribution in [0.3, 0.4) is 0 Å². The number of nitrogens with one attached hydrogen (secondary N) is 1. The number of para-hydroxylation sites is 2. The number of carbonyl (C=O) groups excluding carboxylic acids is 2. The first-order valence-corrected chi connectivity index (χ1v) is 11.1. The number of hydrogen-bond acceptors (Lipinski definition) is 5. The van der Waals surface area contributed by atoms with Gasteiger partial charge in [-0.15, -0.1) is 0 Å². The molecule has 7 nitrogen and oxygen atoms in total. The van der Waals surface area contributed by atoms with Gasteiger partial charge in [-0.3, -0.25) is 9.59 Å². The number of carbonyl (C=O) groups is 2. The lowest BCUT2D eigenvalue weighted by molar-refractivity contribution is -0.122. The smallest absolute Gasteiger partial charge is 0.255 e. The van der Waals surface area contributed by atoms with Gasteiger partial charge in [-0.25, -0.2) is 0 Å². The van der Waals surface area contributed by atoms with E-state index in [0.717, 1.165) is 5.69 Å². The molecule has 0 radical (unpaired) electrons. The lowest BCUT2D eigenvalue weighted by Gasteiger charge is -2.33. The quantitative estimate of drug-likeness (QED) is 0.612. The van der Waals surface area contributed by atoms with E-state index in [1.165, 1.54) is 7.11 Å². The summed E-state index contributed by atoms with van der Waals surface area (Å²) in [5.74, 6) is 0.502. The van der Waals surface area contributed by atoms with Crippen LogP contribution in [0.25, 0.3) is 0 Å². The predicted molar refractivity (Wildman–Crippen MR) is 127 cm³/mol. The van der Waals surface area contributed by atoms with E-state index in [1.807, 2.05) is 38.1 Å². The van der Waals surface area contributed by atoms with Gasteiger partial charge in [0.1, 0.15) is 0 Å². The van der Waals surface area contributed by atoms with Crippen molar-refractivity contribution in [2.24, 2.45) is 17.6 Å². The second kappa shape index (κ2) is 10.6. The Morgan fingerprint density at radius 3 is 2.53 bits per heavy atom. The Morgan fingerprint density at radius 1 is 1.22 bits per heavy atom. The number of piperidine rings is 1. The van der Waals surface area contributed by atoms with Crippen LogP contribution in [-0.4, -0.2) is 38.6 Å². The average Bonchev–Trinajstić information content (AvgIpc) is 2.78. The van der Waals surface area contributed by atoms with Crippen molar-refractivity contribution in [3.63, 3.8) is 0 Å². The minimum Gasteiger partial charge on any atom is -0.493 e. The fourth-order valence-corrected chi connectivity index (χ4v) is 3.96. The van der Waals surface area contributed by atoms with E-state index >= 15 is 0 Å². The van der Waals surface area contributed by atoms with Crippen LogP contribution in [0.1, 0.15) is 37.0 Å². The first kappa shape index (κ1) is 23.7. The summed E-state index contributed by atoms with van der Waals surface area (Å²) in [5.41, 5.74) is 7.40. The Balaban J connectivity index is 1.78. The third-order valence-corrected chi connectivity index (χ3v) is 5.72. The Morgan fingerprint density at radius 2 is 1.91 bits per heavy atom. The SMILES string of the molecule is COc1cc(C(=O)Nc2ccccc2N2CCC(C(N)=O)CC2)cc(Cl)c1OCC(C)C. The van der Waals surface area contributed by atoms with Crippen molar-refractivity contribution in [2.45, 2.75) is 26.7 Å². The Labute approximate surface area is 193 Å². The maximum atomic E-state index is 13.0. The number of rotatable bonds is 8. The highest BCUT2D eigenvalue weighted by Crippen LogP contribution is 2.37. The molecule has 3 N–H and O–H groups in total. The number of anilines is 2. The van der Waals surface area contributed by atoms with Gasteiger partial charge in [0.2, 0.25) is 5.91 Å². The molecule has 0 aromatic heterocycles. The summed E-state index contributed by atoms with van der Waals surface area (Å²) in [7, 11) is 1.51. The summed E-state index contributed by atoms with van der Waals surface area (Å²) >= 11 is 6.41. The van der Waals surface area contributed by atoms with Crippen molar-refractivity contribution in [2.75, 3.05) is 37.0 Å². The van der Waals surface area contributed by atoms with Crippen molar-refractivity contribution >= 4 is 34.8 Å². The van der Waals surface area contributed by atoms with Crippen LogP contribution in [0.5, 0.6) is 11.5 Å². The zero-order valence-electron chi connectivity index (χ0n) is 18.7. The zero-order chi connectivity index (χ0) is 23.3. The molecule has 0 saturated carbocycles. The average molecular weight is 460 g/mol. The number of nitrogens with zero attached hydrogens (tertiary/aromatic N) is 1. The molecule has 1 heterocycles. The van der Waals surface area contributed by atoms with Crippen molar-refractivity contribution in [3.8, 4) is 11.5 Å². The predicted octanol–water partition coefficient (Wildman–Crippen LogP) is 4.34. The Bertz CT molecular complexity index is 972. The maximum Gasteiger partial charge on any atom is 0.255 e. The van der Waals surface area contributed by atoms with Gasteiger partial charge >= 0.3 is 0 Å². The van der Waals surface area contributed by atoms with E-state index in [4.69, 9.17) is 26.8 Å². The molecular weight excluding hydrogens is 430 g/mol. The van der Waals surface area contributed by atoms with Crippen LogP contribution in [-0.2, 0) is 4.79 Å². The standard InChI is InChI=1S/C24H30ClN3O4/c1-15(2)14-32-22-18(25)12-17(13-21(22)31-3)24(30)27-19-6-4-5-7-20(19)28-10-8-16(9-11-28)23(26)29/h4-7,12-13,15-16H,8-11,14H2,1-3H3,(H2,26,29)(H,27,30). The van der Waals surface area contributed by atoms with Crippen LogP contribution >= 0.6 is 11.6 Å². The van der Waals surface area contributed by atoms with Gasteiger partial charge < -0.3 is 25.4 Å². The first-order chi connectivity index (χ1) is 15.3. The van der Waals surface area contributed by atoms with Crippen LogP contribution in [0.2, 0.25) is 5.02 Å². The molecule has 2 amide bonds. The molecule has 0 unspecified atom stereocenters. The van der Waals surface area contributed by atoms with Gasteiger partial charge in [0.15, 0.2) is 11.5 Å². The van der Waals surface area contributed by atoms with E-state index in [-0.39, 0.29) is 17.7 Å². The van der Waals surface area contributed by atoms with Gasteiger partial charge in [0.25, 0.3) is 5.91 Å². The number of halogens is 1. The third kappa shape index (κ3) is 5.65. The number of benzene rings is 2. The van der Waals surface area contributed by atoms with Crippen LogP contribution < -0.4 is 25.4 Å². The topological polar surface area (TPSA) is 93.9 Å². The highest BCUT2D eigenvalue weighted by Gasteiger charge is 2.25. The van der Waals surface area contributed by atoms with Crippen molar-refractivity contribution in [3.05, 3.63) is 47.0 Å². The van der Waals surface area contributed by atoms with Crippen molar-refractivity contribution in [1.82, 2.24) is 0 Å². The number of methoxy groups -OCH3 is 1. The number of hydrogen-bond donors (Lipinski definition) is 2. The molecule has 32 heavy (non-hydrogen) atoms. The second-order valence-electron chi connectivity index (χ2n) is 8.33. The number of nitrogens with two attached hydrogens (primary N) is 1. The van der Waals surface area contributed by atoms with Gasteiger partial charge in [0, 0.05) is 24.6 Å². The normalized spacial score (nSPS) is 14.3. The fraction of sp³-hybridized carbons (Fsp3) is 0.417. The van der Waals surface area contributed by atoms with E-state index in [2.05, 4.69) is 10.2 Å². The monoisotopic (exact) mass is 459 g/mol. The molecule has 2 aromatic carbocycles. The summed E-state index contributed by atoms with van der Waals surface area (Å²) in [6.07, 6.45) is 1.39. The molecule has 2 aromatic rings. The van der Waals surface area contributed by atoms with E-state index < -0.39 is 0 Å². The largest absolute Gasteiger partial charge is 0.493 e. The molecule has 0 spiro atoms. The molecule has 1 saturated heterocycles. The van der Waals surface area contributed by atoms with E-state index in [0.29, 0.717) is 66.2 Å². The third-order valence-electron chi connectivity index (χ3n) is 5.44. The number of amides is 2. The summed E-state index contributed by atoms with van der Waals surface area (Å²) in [6, 6.07) is 10.8. The molecule has 1 fully saturated rings. The number of ether oxygens (including phenoxy) is 2. The summed E-state index contributed by atoms with van der Waals surface area (Å²) < 4.78 is 11.2. The van der Waals surface area contributed by atoms with Gasteiger partial charge in [0.05, 0.1) is 30.1 Å². The molecule has 8 heteroatoms. The van der Waals surface area contributed by atoms with Gasteiger partial charge in [-0.2, -0.15) is 0 Å². The minimum atomic E-state index is -0.305. The highest BCUT2D eigenvalue weighted by molar-refractivity contribution is 6.32. The second-order valence-corrected chi connectivity index (χ2v) is 8.74. The van der Waals surface area contributed by atoms with Crippen LogP contribution in [0.4, 0.5) is 11.4 Å². The lowest BCUT2D eigenvalue weighted by atomic mass is 9.96. The van der Waals surface area contributed by atoms with E-state index in [1.54, 1.807) is 12.1 Å². The molecule has 0 aliphatic carbocycles. The Hall–Kier alpha value is -2.93. The van der Waals surface area contributed by atoms with Crippen LogP contribution in [0.15, 0.2) is 36.4 Å². The van der Waals surface area contributed by atoms with E-state index in [9.17, 15) is 9.59 Å². The molecule has 0 atom stereocenters. The molecule has 172 valence electrons. The molecule has 1 aliphatic rings. The molecule has 3 rings (SSSR count).